The quantitative estimate of drug-likeness (QED) is 0.751. The van der Waals surface area contributed by atoms with E-state index < -0.39 is 0 Å². The number of oxazole rings is 1. The molecule has 78 valence electrons. The third-order valence-electron chi connectivity index (χ3n) is 2.06. The van der Waals surface area contributed by atoms with Crippen molar-refractivity contribution in [3.8, 4) is 5.75 Å². The van der Waals surface area contributed by atoms with Gasteiger partial charge in [-0.3, -0.25) is 4.79 Å². The summed E-state index contributed by atoms with van der Waals surface area (Å²) < 4.78 is 10.4. The van der Waals surface area contributed by atoms with Gasteiger partial charge in [-0.15, -0.1) is 0 Å². The van der Waals surface area contributed by atoms with Gasteiger partial charge in [-0.2, -0.15) is 0 Å². The Kier molecular flexibility index (Phi) is 2.64. The van der Waals surface area contributed by atoms with Crippen LogP contribution in [0.5, 0.6) is 5.75 Å². The number of hydrogen-bond donors (Lipinski definition) is 1. The molecule has 0 aliphatic rings. The number of nitrogens with two attached hydrogens (primary N) is 1. The lowest BCUT2D eigenvalue weighted by molar-refractivity contribution is -0.109. The van der Waals surface area contributed by atoms with Crippen molar-refractivity contribution in [2.75, 3.05) is 6.61 Å². The van der Waals surface area contributed by atoms with E-state index in [9.17, 15) is 4.79 Å². The summed E-state index contributed by atoms with van der Waals surface area (Å²) in [7, 11) is 0. The molecule has 0 aliphatic heterocycles. The molecular weight excluding hydrogens is 196 g/mol. The maximum Gasteiger partial charge on any atom is 0.182 e. The van der Waals surface area contributed by atoms with E-state index in [2.05, 4.69) is 4.98 Å². The predicted molar refractivity (Wildman–Crippen MR) is 53.5 cm³/mol. The van der Waals surface area contributed by atoms with Crippen molar-refractivity contribution in [3.05, 3.63) is 24.1 Å². The van der Waals surface area contributed by atoms with Crippen molar-refractivity contribution >= 4 is 17.4 Å². The van der Waals surface area contributed by atoms with Gasteiger partial charge < -0.3 is 14.9 Å². The molecular formula is C10H10N2O3. The number of nitrogens with zero attached hydrogens (tertiary/aromatic N) is 1. The third kappa shape index (κ3) is 1.69. The van der Waals surface area contributed by atoms with Gasteiger partial charge in [0.15, 0.2) is 23.8 Å². The van der Waals surface area contributed by atoms with Crippen LogP contribution in [-0.4, -0.2) is 17.9 Å². The summed E-state index contributed by atoms with van der Waals surface area (Å²) in [6.45, 7) is 0.379. The molecule has 1 aromatic carbocycles. The Hall–Kier alpha value is -1.88. The summed E-state index contributed by atoms with van der Waals surface area (Å²) in [6, 6.07) is 3.53. The Labute approximate surface area is 85.8 Å². The van der Waals surface area contributed by atoms with Gasteiger partial charge in [0.05, 0.1) is 0 Å². The molecule has 0 fully saturated rings. The number of rotatable bonds is 4. The second kappa shape index (κ2) is 4.10. The first-order chi connectivity index (χ1) is 7.36. The first kappa shape index (κ1) is 9.67. The highest BCUT2D eigenvalue weighted by molar-refractivity contribution is 5.82. The van der Waals surface area contributed by atoms with Crippen molar-refractivity contribution in [1.82, 2.24) is 4.98 Å². The monoisotopic (exact) mass is 206 g/mol. The minimum atomic E-state index is 0.00390. The van der Waals surface area contributed by atoms with Gasteiger partial charge in [0.1, 0.15) is 12.4 Å². The molecule has 0 radical (unpaired) electrons. The Morgan fingerprint density at radius 3 is 3.13 bits per heavy atom. The van der Waals surface area contributed by atoms with E-state index in [0.29, 0.717) is 29.7 Å². The molecule has 0 bridgehead atoms. The number of benzene rings is 1. The molecule has 0 aliphatic carbocycles. The van der Waals surface area contributed by atoms with Gasteiger partial charge in [-0.25, -0.2) is 4.98 Å². The molecule has 5 heteroatoms. The average molecular weight is 206 g/mol. The van der Waals surface area contributed by atoms with E-state index in [1.165, 1.54) is 6.39 Å². The predicted octanol–water partition coefficient (Wildman–Crippen LogP) is 0.864. The van der Waals surface area contributed by atoms with Crippen LogP contribution in [0.1, 0.15) is 5.56 Å². The number of carbonyl (C=O) groups excluding carboxylic acids is 1. The van der Waals surface area contributed by atoms with Crippen LogP contribution in [0, 0.1) is 0 Å². The van der Waals surface area contributed by atoms with Crippen molar-refractivity contribution in [3.63, 3.8) is 0 Å². The third-order valence-corrected chi connectivity index (χ3v) is 2.06. The van der Waals surface area contributed by atoms with Crippen LogP contribution in [-0.2, 0) is 11.3 Å². The highest BCUT2D eigenvalue weighted by atomic mass is 16.5. The number of aldehydes is 1. The zero-order chi connectivity index (χ0) is 10.7. The highest BCUT2D eigenvalue weighted by Crippen LogP contribution is 2.27. The molecule has 1 aromatic heterocycles. The topological polar surface area (TPSA) is 78.4 Å². The van der Waals surface area contributed by atoms with Crippen molar-refractivity contribution in [2.24, 2.45) is 5.73 Å². The maximum absolute atomic E-state index is 10.2. The number of carbonyl (C=O) groups is 1. The fourth-order valence-corrected chi connectivity index (χ4v) is 1.38. The van der Waals surface area contributed by atoms with Gasteiger partial charge in [-0.1, -0.05) is 6.07 Å². The second-order valence-corrected chi connectivity index (χ2v) is 2.93. The Bertz CT molecular complexity index is 478. The van der Waals surface area contributed by atoms with Gasteiger partial charge >= 0.3 is 0 Å². The number of ether oxygens (including phenoxy) is 1. The SMILES string of the molecule is NCc1ccc(OCC=O)c2ncoc12. The average Bonchev–Trinajstić information content (AvgIpc) is 2.74. The highest BCUT2D eigenvalue weighted by Gasteiger charge is 2.10. The largest absolute Gasteiger partial charge is 0.484 e. The summed E-state index contributed by atoms with van der Waals surface area (Å²) in [4.78, 5) is 14.2. The molecule has 2 aromatic rings. The fourth-order valence-electron chi connectivity index (χ4n) is 1.38. The second-order valence-electron chi connectivity index (χ2n) is 2.93. The zero-order valence-corrected chi connectivity index (χ0v) is 7.97. The summed E-state index contributed by atoms with van der Waals surface area (Å²) in [5.74, 6) is 0.531. The number of fused-ring (bicyclic) bond motifs is 1. The van der Waals surface area contributed by atoms with Crippen LogP contribution < -0.4 is 10.5 Å². The minimum Gasteiger partial charge on any atom is -0.484 e. The van der Waals surface area contributed by atoms with Crippen LogP contribution in [0.2, 0.25) is 0 Å². The van der Waals surface area contributed by atoms with E-state index in [1.54, 1.807) is 12.1 Å². The Morgan fingerprint density at radius 1 is 1.53 bits per heavy atom. The Balaban J connectivity index is 2.48. The molecule has 5 nitrogen and oxygen atoms in total. The molecule has 0 spiro atoms. The van der Waals surface area contributed by atoms with E-state index in [0.717, 1.165) is 5.56 Å². The lowest BCUT2D eigenvalue weighted by Gasteiger charge is -2.04. The van der Waals surface area contributed by atoms with Crippen LogP contribution in [0.4, 0.5) is 0 Å². The van der Waals surface area contributed by atoms with E-state index in [-0.39, 0.29) is 6.61 Å². The summed E-state index contributed by atoms with van der Waals surface area (Å²) in [5, 5.41) is 0. The van der Waals surface area contributed by atoms with Crippen LogP contribution in [0.25, 0.3) is 11.1 Å². The molecule has 2 rings (SSSR count). The zero-order valence-electron chi connectivity index (χ0n) is 7.97. The summed E-state index contributed by atoms with van der Waals surface area (Å²) in [5.41, 5.74) is 7.61. The van der Waals surface area contributed by atoms with Crippen molar-refractivity contribution in [1.29, 1.82) is 0 Å². The molecule has 0 saturated carbocycles. The van der Waals surface area contributed by atoms with Gasteiger partial charge in [0.25, 0.3) is 0 Å². The molecule has 0 amide bonds. The van der Waals surface area contributed by atoms with Gasteiger partial charge in [0.2, 0.25) is 0 Å². The first-order valence-electron chi connectivity index (χ1n) is 4.48. The van der Waals surface area contributed by atoms with Crippen LogP contribution in [0.15, 0.2) is 22.9 Å². The lowest BCUT2D eigenvalue weighted by Crippen LogP contribution is -2.00. The molecule has 0 unspecified atom stereocenters. The van der Waals surface area contributed by atoms with E-state index in [1.807, 2.05) is 0 Å². The van der Waals surface area contributed by atoms with Crippen molar-refractivity contribution < 1.29 is 13.9 Å². The normalized spacial score (nSPS) is 10.5. The number of hydrogen-bond acceptors (Lipinski definition) is 5. The molecule has 1 heterocycles. The Morgan fingerprint density at radius 2 is 2.40 bits per heavy atom. The maximum atomic E-state index is 10.2. The lowest BCUT2D eigenvalue weighted by atomic mass is 10.2. The fraction of sp³-hybridized carbons (Fsp3) is 0.200. The molecule has 15 heavy (non-hydrogen) atoms. The molecule has 0 saturated heterocycles. The smallest absolute Gasteiger partial charge is 0.182 e. The van der Waals surface area contributed by atoms with Gasteiger partial charge in [-0.05, 0) is 6.07 Å². The molecule has 0 atom stereocenters. The van der Waals surface area contributed by atoms with E-state index in [4.69, 9.17) is 14.9 Å². The molecule has 2 N–H and O–H groups in total. The van der Waals surface area contributed by atoms with Gasteiger partial charge in [0, 0.05) is 12.1 Å². The van der Waals surface area contributed by atoms with Crippen molar-refractivity contribution in [2.45, 2.75) is 6.54 Å². The number of aromatic nitrogens is 1. The summed E-state index contributed by atoms with van der Waals surface area (Å²) in [6.07, 6.45) is 2.01. The van der Waals surface area contributed by atoms with E-state index >= 15 is 0 Å². The van der Waals surface area contributed by atoms with Crippen LogP contribution in [0.3, 0.4) is 0 Å². The van der Waals surface area contributed by atoms with Crippen LogP contribution >= 0.6 is 0 Å². The first-order valence-corrected chi connectivity index (χ1v) is 4.48. The minimum absolute atomic E-state index is 0.00390. The summed E-state index contributed by atoms with van der Waals surface area (Å²) >= 11 is 0. The standard InChI is InChI=1S/C10H10N2O3/c11-5-7-1-2-8(14-4-3-13)9-10(7)15-6-12-9/h1-3,6H,4-5,11H2.